The van der Waals surface area contributed by atoms with Crippen LogP contribution in [0.4, 0.5) is 24.5 Å². The summed E-state index contributed by atoms with van der Waals surface area (Å²) < 4.78 is 47.7. The summed E-state index contributed by atoms with van der Waals surface area (Å²) in [7, 11) is 0. The molecule has 0 bridgehead atoms. The highest BCUT2D eigenvalue weighted by molar-refractivity contribution is 9.10. The number of rotatable bonds is 3. The molecule has 0 radical (unpaired) electrons. The molecular formula is C23H14BrF3N2O3. The standard InChI is InChI=1S/C23H14BrF3N2O3/c24-13-4-3-7-18-21(13)23(12-8-15(26)16(27)9-19(12)32-22(23)31)11-29(18)10-20(30)28-17-6-2-1-5-14(17)25/h1-9H,10-11H2,(H,28,30). The van der Waals surface area contributed by atoms with Gasteiger partial charge in [-0.25, -0.2) is 13.2 Å². The summed E-state index contributed by atoms with van der Waals surface area (Å²) in [6.07, 6.45) is 0. The summed E-state index contributed by atoms with van der Waals surface area (Å²) in [4.78, 5) is 27.4. The number of fused-ring (bicyclic) bond motifs is 4. The lowest BCUT2D eigenvalue weighted by Gasteiger charge is -2.23. The highest BCUT2D eigenvalue weighted by Gasteiger charge is 2.58. The van der Waals surface area contributed by atoms with Crippen molar-refractivity contribution in [3.05, 3.63) is 87.6 Å². The van der Waals surface area contributed by atoms with Gasteiger partial charge in [0, 0.05) is 33.9 Å². The first-order chi connectivity index (χ1) is 15.3. The fourth-order valence-corrected chi connectivity index (χ4v) is 5.04. The zero-order valence-electron chi connectivity index (χ0n) is 16.3. The Labute approximate surface area is 188 Å². The van der Waals surface area contributed by atoms with Crippen LogP contribution in [0.3, 0.4) is 0 Å². The van der Waals surface area contributed by atoms with Crippen molar-refractivity contribution in [2.45, 2.75) is 5.41 Å². The van der Waals surface area contributed by atoms with Gasteiger partial charge in [-0.2, -0.15) is 0 Å². The van der Waals surface area contributed by atoms with Crippen LogP contribution >= 0.6 is 15.9 Å². The van der Waals surface area contributed by atoms with Crippen LogP contribution in [0.1, 0.15) is 11.1 Å². The maximum absolute atomic E-state index is 14.1. The molecule has 1 unspecified atom stereocenters. The van der Waals surface area contributed by atoms with E-state index in [0.717, 1.165) is 12.1 Å². The van der Waals surface area contributed by atoms with Crippen LogP contribution in [0.25, 0.3) is 0 Å². The Bertz CT molecular complexity index is 1300. The molecule has 5 rings (SSSR count). The van der Waals surface area contributed by atoms with Crippen molar-refractivity contribution >= 4 is 39.2 Å². The van der Waals surface area contributed by atoms with Gasteiger partial charge in [-0.05, 0) is 30.3 Å². The van der Waals surface area contributed by atoms with Gasteiger partial charge in [0.2, 0.25) is 5.91 Å². The van der Waals surface area contributed by atoms with E-state index in [1.807, 2.05) is 0 Å². The van der Waals surface area contributed by atoms with Crippen molar-refractivity contribution in [2.75, 3.05) is 23.3 Å². The lowest BCUT2D eigenvalue weighted by atomic mass is 9.77. The summed E-state index contributed by atoms with van der Waals surface area (Å²) in [5.41, 5.74) is -0.181. The van der Waals surface area contributed by atoms with Gasteiger partial charge in [-0.15, -0.1) is 0 Å². The first-order valence-corrected chi connectivity index (χ1v) is 10.4. The molecule has 5 nitrogen and oxygen atoms in total. The molecule has 0 saturated heterocycles. The summed E-state index contributed by atoms with van der Waals surface area (Å²) >= 11 is 3.45. The van der Waals surface area contributed by atoms with Crippen LogP contribution < -0.4 is 15.0 Å². The Balaban J connectivity index is 1.55. The Hall–Kier alpha value is -3.33. The van der Waals surface area contributed by atoms with Crippen molar-refractivity contribution in [1.82, 2.24) is 0 Å². The molecule has 0 aliphatic carbocycles. The number of halogens is 4. The van der Waals surface area contributed by atoms with Crippen molar-refractivity contribution in [3.63, 3.8) is 0 Å². The fourth-order valence-electron chi connectivity index (χ4n) is 4.35. The van der Waals surface area contributed by atoms with E-state index in [1.54, 1.807) is 29.2 Å². The number of amides is 1. The predicted octanol–water partition coefficient (Wildman–Crippen LogP) is 4.53. The third-order valence-corrected chi connectivity index (χ3v) is 6.36. The van der Waals surface area contributed by atoms with Crippen LogP contribution in [0.2, 0.25) is 0 Å². The average Bonchev–Trinajstić information content (AvgIpc) is 3.21. The molecular weight excluding hydrogens is 489 g/mol. The molecule has 0 fully saturated rings. The van der Waals surface area contributed by atoms with E-state index < -0.39 is 34.7 Å². The minimum absolute atomic E-state index is 0.0315. The minimum Gasteiger partial charge on any atom is -0.425 e. The van der Waals surface area contributed by atoms with E-state index in [1.165, 1.54) is 18.2 Å². The number of carbonyl (C=O) groups is 2. The van der Waals surface area contributed by atoms with Gasteiger partial charge in [0.1, 0.15) is 17.0 Å². The quantitative estimate of drug-likeness (QED) is 0.422. The normalized spacial score (nSPS) is 18.5. The van der Waals surface area contributed by atoms with E-state index in [9.17, 15) is 22.8 Å². The van der Waals surface area contributed by atoms with Gasteiger partial charge in [0.05, 0.1) is 12.2 Å². The van der Waals surface area contributed by atoms with Crippen LogP contribution in [0.5, 0.6) is 5.75 Å². The van der Waals surface area contributed by atoms with Crippen molar-refractivity contribution in [3.8, 4) is 5.75 Å². The summed E-state index contributed by atoms with van der Waals surface area (Å²) in [6.45, 7) is -0.238. The lowest BCUT2D eigenvalue weighted by Crippen LogP contribution is -2.42. The summed E-state index contributed by atoms with van der Waals surface area (Å²) in [5.74, 6) is -4.07. The van der Waals surface area contributed by atoms with E-state index in [0.29, 0.717) is 15.7 Å². The number of esters is 1. The number of para-hydroxylation sites is 1. The number of hydrogen-bond donors (Lipinski definition) is 1. The molecule has 0 aromatic heterocycles. The van der Waals surface area contributed by atoms with Crippen molar-refractivity contribution in [2.24, 2.45) is 0 Å². The largest absolute Gasteiger partial charge is 0.425 e. The Morgan fingerprint density at radius 3 is 2.59 bits per heavy atom. The van der Waals surface area contributed by atoms with E-state index in [2.05, 4.69) is 21.2 Å². The van der Waals surface area contributed by atoms with Crippen LogP contribution in [0, 0.1) is 17.5 Å². The smallest absolute Gasteiger partial charge is 0.328 e. The third-order valence-electron chi connectivity index (χ3n) is 5.70. The molecule has 2 heterocycles. The maximum Gasteiger partial charge on any atom is 0.328 e. The zero-order valence-corrected chi connectivity index (χ0v) is 17.9. The number of nitrogens with zero attached hydrogens (tertiary/aromatic N) is 1. The number of ether oxygens (including phenoxy) is 1. The van der Waals surface area contributed by atoms with Gasteiger partial charge in [0.15, 0.2) is 11.6 Å². The molecule has 0 saturated carbocycles. The number of anilines is 2. The number of benzene rings is 3. The molecule has 1 spiro atoms. The van der Waals surface area contributed by atoms with Gasteiger partial charge < -0.3 is 15.0 Å². The fraction of sp³-hybridized carbons (Fsp3) is 0.130. The zero-order chi connectivity index (χ0) is 22.6. The first kappa shape index (κ1) is 20.6. The highest BCUT2D eigenvalue weighted by atomic mass is 79.9. The molecule has 2 aliphatic rings. The molecule has 3 aromatic rings. The first-order valence-electron chi connectivity index (χ1n) is 9.61. The second-order valence-electron chi connectivity index (χ2n) is 7.58. The molecule has 1 N–H and O–H groups in total. The lowest BCUT2D eigenvalue weighted by molar-refractivity contribution is -0.136. The number of hydrogen-bond acceptors (Lipinski definition) is 4. The van der Waals surface area contributed by atoms with Gasteiger partial charge in [0.25, 0.3) is 0 Å². The van der Waals surface area contributed by atoms with Crippen molar-refractivity contribution in [1.29, 1.82) is 0 Å². The third kappa shape index (κ3) is 2.99. The second kappa shape index (κ2) is 7.37. The Kier molecular flexibility index (Phi) is 4.74. The Morgan fingerprint density at radius 1 is 1.06 bits per heavy atom. The van der Waals surface area contributed by atoms with E-state index in [4.69, 9.17) is 4.74 Å². The summed E-state index contributed by atoms with van der Waals surface area (Å²) in [6, 6.07) is 12.7. The molecule has 1 atom stereocenters. The molecule has 162 valence electrons. The topological polar surface area (TPSA) is 58.6 Å². The van der Waals surface area contributed by atoms with Crippen LogP contribution in [-0.4, -0.2) is 25.0 Å². The maximum atomic E-state index is 14.1. The SMILES string of the molecule is O=C(CN1CC2(C(=O)Oc3cc(F)c(F)cc32)c2c(Br)cccc21)Nc1ccccc1F. The molecule has 1 amide bonds. The minimum atomic E-state index is -1.45. The molecule has 3 aromatic carbocycles. The van der Waals surface area contributed by atoms with Gasteiger partial charge in [-0.1, -0.05) is 34.1 Å². The summed E-state index contributed by atoms with van der Waals surface area (Å²) in [5, 5.41) is 2.52. The van der Waals surface area contributed by atoms with Gasteiger partial charge in [-0.3, -0.25) is 9.59 Å². The monoisotopic (exact) mass is 502 g/mol. The molecule has 32 heavy (non-hydrogen) atoms. The van der Waals surface area contributed by atoms with Crippen LogP contribution in [0.15, 0.2) is 59.1 Å². The second-order valence-corrected chi connectivity index (χ2v) is 8.43. The van der Waals surface area contributed by atoms with Crippen LogP contribution in [-0.2, 0) is 15.0 Å². The van der Waals surface area contributed by atoms with Crippen molar-refractivity contribution < 1.29 is 27.5 Å². The molecule has 2 aliphatic heterocycles. The average molecular weight is 503 g/mol. The predicted molar refractivity (Wildman–Crippen MR) is 114 cm³/mol. The van der Waals surface area contributed by atoms with Gasteiger partial charge >= 0.3 is 5.97 Å². The number of nitrogens with one attached hydrogen (secondary N) is 1. The molecule has 9 heteroatoms. The van der Waals surface area contributed by atoms with E-state index >= 15 is 0 Å². The Morgan fingerprint density at radius 2 is 1.81 bits per heavy atom. The number of carbonyl (C=O) groups excluding carboxylic acids is 2. The highest BCUT2D eigenvalue weighted by Crippen LogP contribution is 2.54. The van der Waals surface area contributed by atoms with E-state index in [-0.39, 0.29) is 30.1 Å².